The third kappa shape index (κ3) is 3.95. The normalized spacial score (nSPS) is 28.3. The summed E-state index contributed by atoms with van der Waals surface area (Å²) in [6, 6.07) is 7.82. The molecule has 0 spiro atoms. The van der Waals surface area contributed by atoms with Gasteiger partial charge in [0, 0.05) is 28.8 Å². The zero-order valence-electron chi connectivity index (χ0n) is 13.6. The van der Waals surface area contributed by atoms with Gasteiger partial charge in [-0.1, -0.05) is 30.2 Å². The molecular formula is C19H24ClNO2. The largest absolute Gasteiger partial charge is 0.353 e. The zero-order chi connectivity index (χ0) is 16.4. The molecule has 3 atom stereocenters. The Morgan fingerprint density at radius 3 is 2.43 bits per heavy atom. The molecule has 2 bridgehead atoms. The van der Waals surface area contributed by atoms with E-state index in [0.717, 1.165) is 49.1 Å². The highest BCUT2D eigenvalue weighted by Gasteiger charge is 2.41. The lowest BCUT2D eigenvalue weighted by Crippen LogP contribution is -2.45. The second kappa shape index (κ2) is 7.04. The topological polar surface area (TPSA) is 46.2 Å². The standard InChI is InChI=1S/C19H24ClNO2/c1-12(9-13-5-7-17(20)8-6-13)21-19(23)16-10-14-3-2-4-15(11-16)18(14)22/h5-8,12,14-16H,2-4,9-11H2,1H3,(H,21,23). The lowest BCUT2D eigenvalue weighted by molar-refractivity contribution is -0.137. The fraction of sp³-hybridized carbons (Fsp3) is 0.579. The van der Waals surface area contributed by atoms with Crippen LogP contribution in [0.2, 0.25) is 5.02 Å². The van der Waals surface area contributed by atoms with Crippen molar-refractivity contribution in [3.05, 3.63) is 34.9 Å². The quantitative estimate of drug-likeness (QED) is 0.911. The first-order chi connectivity index (χ1) is 11.0. The van der Waals surface area contributed by atoms with Crippen LogP contribution < -0.4 is 5.32 Å². The van der Waals surface area contributed by atoms with E-state index in [4.69, 9.17) is 11.6 Å². The van der Waals surface area contributed by atoms with Crippen LogP contribution in [0.25, 0.3) is 0 Å². The van der Waals surface area contributed by atoms with Crippen LogP contribution in [0.3, 0.4) is 0 Å². The van der Waals surface area contributed by atoms with Gasteiger partial charge in [0.1, 0.15) is 5.78 Å². The SMILES string of the molecule is CC(Cc1ccc(Cl)cc1)NC(=O)C1CC2CCCC(C1)C2=O. The van der Waals surface area contributed by atoms with Crippen LogP contribution in [0.5, 0.6) is 0 Å². The average Bonchev–Trinajstić information content (AvgIpc) is 2.49. The van der Waals surface area contributed by atoms with Crippen molar-refractivity contribution in [3.8, 4) is 0 Å². The van der Waals surface area contributed by atoms with E-state index in [0.29, 0.717) is 5.78 Å². The summed E-state index contributed by atoms with van der Waals surface area (Å²) < 4.78 is 0. The summed E-state index contributed by atoms with van der Waals surface area (Å²) >= 11 is 5.90. The Morgan fingerprint density at radius 1 is 1.22 bits per heavy atom. The van der Waals surface area contributed by atoms with Gasteiger partial charge < -0.3 is 5.32 Å². The van der Waals surface area contributed by atoms with Gasteiger partial charge in [0.15, 0.2) is 0 Å². The molecule has 2 aliphatic carbocycles. The van der Waals surface area contributed by atoms with Crippen molar-refractivity contribution in [1.29, 1.82) is 0 Å². The minimum absolute atomic E-state index is 0.00988. The first-order valence-corrected chi connectivity index (χ1v) is 8.99. The minimum Gasteiger partial charge on any atom is -0.353 e. The molecule has 1 aromatic carbocycles. The van der Waals surface area contributed by atoms with E-state index >= 15 is 0 Å². The van der Waals surface area contributed by atoms with E-state index in [1.807, 2.05) is 31.2 Å². The molecule has 0 aromatic heterocycles. The number of rotatable bonds is 4. The summed E-state index contributed by atoms with van der Waals surface area (Å²) in [5.74, 6) is 0.802. The number of nitrogens with one attached hydrogen (secondary N) is 1. The number of fused-ring (bicyclic) bond motifs is 2. The molecule has 2 aliphatic rings. The fourth-order valence-corrected chi connectivity index (χ4v) is 4.21. The summed E-state index contributed by atoms with van der Waals surface area (Å²) in [5, 5.41) is 3.86. The highest BCUT2D eigenvalue weighted by molar-refractivity contribution is 6.30. The molecule has 2 fully saturated rings. The van der Waals surface area contributed by atoms with Gasteiger partial charge in [0.2, 0.25) is 5.91 Å². The average molecular weight is 334 g/mol. The maximum atomic E-state index is 12.5. The van der Waals surface area contributed by atoms with Crippen LogP contribution in [0, 0.1) is 17.8 Å². The fourth-order valence-electron chi connectivity index (χ4n) is 4.08. The smallest absolute Gasteiger partial charge is 0.223 e. The Morgan fingerprint density at radius 2 is 1.83 bits per heavy atom. The van der Waals surface area contributed by atoms with Crippen LogP contribution in [0.15, 0.2) is 24.3 Å². The molecule has 0 saturated heterocycles. The Balaban J connectivity index is 1.54. The molecule has 0 heterocycles. The number of Topliss-reactive ketones (excluding diaryl/α,β-unsaturated/α-hetero) is 1. The Kier molecular flexibility index (Phi) is 5.05. The molecule has 1 N–H and O–H groups in total. The molecular weight excluding hydrogens is 310 g/mol. The number of carbonyl (C=O) groups is 2. The molecule has 23 heavy (non-hydrogen) atoms. The summed E-state index contributed by atoms with van der Waals surface area (Å²) in [7, 11) is 0. The summed E-state index contributed by atoms with van der Waals surface area (Å²) in [4.78, 5) is 24.7. The van der Waals surface area contributed by atoms with E-state index in [1.165, 1.54) is 0 Å². The van der Waals surface area contributed by atoms with Crippen LogP contribution in [0.4, 0.5) is 0 Å². The third-order valence-corrected chi connectivity index (χ3v) is 5.51. The first-order valence-electron chi connectivity index (χ1n) is 8.61. The molecule has 3 rings (SSSR count). The third-order valence-electron chi connectivity index (χ3n) is 5.26. The molecule has 4 heteroatoms. The predicted molar refractivity (Wildman–Crippen MR) is 91.3 cm³/mol. The first kappa shape index (κ1) is 16.5. The summed E-state index contributed by atoms with van der Waals surface area (Å²) in [6.07, 6.45) is 5.37. The summed E-state index contributed by atoms with van der Waals surface area (Å²) in [5.41, 5.74) is 1.16. The van der Waals surface area contributed by atoms with Gasteiger partial charge in [0.05, 0.1) is 0 Å². The number of hydrogen-bond donors (Lipinski definition) is 1. The number of halogens is 1. The van der Waals surface area contributed by atoms with Gasteiger partial charge in [-0.2, -0.15) is 0 Å². The minimum atomic E-state index is 0.00988. The van der Waals surface area contributed by atoms with Crippen LogP contribution in [-0.2, 0) is 16.0 Å². The lowest BCUT2D eigenvalue weighted by atomic mass is 9.67. The summed E-state index contributed by atoms with van der Waals surface area (Å²) in [6.45, 7) is 2.03. The van der Waals surface area contributed by atoms with Gasteiger partial charge in [-0.15, -0.1) is 0 Å². The van der Waals surface area contributed by atoms with Crippen LogP contribution in [0.1, 0.15) is 44.6 Å². The molecule has 3 nitrogen and oxygen atoms in total. The molecule has 1 amide bonds. The lowest BCUT2D eigenvalue weighted by Gasteiger charge is -2.37. The highest BCUT2D eigenvalue weighted by Crippen LogP contribution is 2.40. The molecule has 1 aromatic rings. The van der Waals surface area contributed by atoms with Gasteiger partial charge in [-0.25, -0.2) is 0 Å². The number of benzene rings is 1. The van der Waals surface area contributed by atoms with Crippen molar-refractivity contribution < 1.29 is 9.59 Å². The maximum absolute atomic E-state index is 12.5. The Hall–Kier alpha value is -1.35. The molecule has 2 saturated carbocycles. The molecule has 0 radical (unpaired) electrons. The van der Waals surface area contributed by atoms with Crippen molar-refractivity contribution in [2.75, 3.05) is 0 Å². The molecule has 124 valence electrons. The predicted octanol–water partition coefficient (Wildman–Crippen LogP) is 3.78. The number of carbonyl (C=O) groups excluding carboxylic acids is 2. The van der Waals surface area contributed by atoms with Crippen LogP contribution in [-0.4, -0.2) is 17.7 Å². The molecule has 3 unspecified atom stereocenters. The highest BCUT2D eigenvalue weighted by atomic mass is 35.5. The van der Waals surface area contributed by atoms with Crippen LogP contribution >= 0.6 is 11.6 Å². The van der Waals surface area contributed by atoms with Crippen molar-refractivity contribution in [2.45, 2.75) is 51.5 Å². The second-order valence-electron chi connectivity index (χ2n) is 7.14. The van der Waals surface area contributed by atoms with Gasteiger partial charge in [-0.3, -0.25) is 9.59 Å². The van der Waals surface area contributed by atoms with Gasteiger partial charge >= 0.3 is 0 Å². The van der Waals surface area contributed by atoms with Crippen molar-refractivity contribution in [2.24, 2.45) is 17.8 Å². The van der Waals surface area contributed by atoms with Crippen molar-refractivity contribution in [3.63, 3.8) is 0 Å². The van der Waals surface area contributed by atoms with E-state index in [2.05, 4.69) is 5.32 Å². The Bertz CT molecular complexity index is 568. The second-order valence-corrected chi connectivity index (χ2v) is 7.57. The maximum Gasteiger partial charge on any atom is 0.223 e. The van der Waals surface area contributed by atoms with E-state index in [-0.39, 0.29) is 29.7 Å². The number of hydrogen-bond acceptors (Lipinski definition) is 2. The number of amides is 1. The van der Waals surface area contributed by atoms with Gasteiger partial charge in [0.25, 0.3) is 0 Å². The monoisotopic (exact) mass is 333 g/mol. The van der Waals surface area contributed by atoms with Crippen molar-refractivity contribution >= 4 is 23.3 Å². The number of ketones is 1. The van der Waals surface area contributed by atoms with E-state index in [1.54, 1.807) is 0 Å². The van der Waals surface area contributed by atoms with Gasteiger partial charge in [-0.05, 0) is 56.7 Å². The van der Waals surface area contributed by atoms with Crippen molar-refractivity contribution in [1.82, 2.24) is 5.32 Å². The Labute approximate surface area is 142 Å². The van der Waals surface area contributed by atoms with E-state index < -0.39 is 0 Å². The molecule has 0 aliphatic heterocycles. The van der Waals surface area contributed by atoms with E-state index in [9.17, 15) is 9.59 Å². The zero-order valence-corrected chi connectivity index (χ0v) is 14.3.